The minimum Gasteiger partial charge on any atom is -0.490 e. The fourth-order valence-electron chi connectivity index (χ4n) is 9.28. The van der Waals surface area contributed by atoms with Gasteiger partial charge < -0.3 is 19.1 Å². The van der Waals surface area contributed by atoms with Crippen LogP contribution in [0.2, 0.25) is 0 Å². The Morgan fingerprint density at radius 2 is 2.04 bits per heavy atom. The van der Waals surface area contributed by atoms with E-state index in [2.05, 4.69) is 51.3 Å². The van der Waals surface area contributed by atoms with Crippen molar-refractivity contribution in [2.45, 2.75) is 70.3 Å². The summed E-state index contributed by atoms with van der Waals surface area (Å²) >= 11 is 0. The van der Waals surface area contributed by atoms with Crippen molar-refractivity contribution in [2.24, 2.45) is 33.4 Å². The van der Waals surface area contributed by atoms with E-state index in [1.54, 1.807) is 13.2 Å². The topological polar surface area (TPSA) is 107 Å². The Balaban J connectivity index is 1.19. The van der Waals surface area contributed by atoms with Crippen LogP contribution in [-0.2, 0) is 36.0 Å². The van der Waals surface area contributed by atoms with Crippen molar-refractivity contribution >= 4 is 27.4 Å². The fourth-order valence-corrected chi connectivity index (χ4v) is 11.3. The Morgan fingerprint density at radius 1 is 1.16 bits per heavy atom. The lowest BCUT2D eigenvalue weighted by molar-refractivity contribution is -0.125. The van der Waals surface area contributed by atoms with Crippen molar-refractivity contribution in [3.63, 3.8) is 0 Å². The van der Waals surface area contributed by atoms with Gasteiger partial charge in [-0.2, -0.15) is 0 Å². The number of nitrogens with one attached hydrogen (secondary N) is 1. The van der Waals surface area contributed by atoms with Gasteiger partial charge in [0.15, 0.2) is 0 Å². The van der Waals surface area contributed by atoms with E-state index in [0.717, 1.165) is 56.6 Å². The molecule has 2 saturated carbocycles. The van der Waals surface area contributed by atoms with E-state index in [9.17, 15) is 13.8 Å². The molecule has 2 aromatic carbocycles. The van der Waals surface area contributed by atoms with Gasteiger partial charge in [0.05, 0.1) is 42.8 Å². The minimum atomic E-state index is -3.43. The van der Waals surface area contributed by atoms with Gasteiger partial charge in [0.2, 0.25) is 5.91 Å². The lowest BCUT2D eigenvalue weighted by atomic mass is 9.68. The van der Waals surface area contributed by atoms with E-state index in [1.807, 2.05) is 19.1 Å². The molecule has 1 N–H and O–H groups in total. The van der Waals surface area contributed by atoms with E-state index in [1.165, 1.54) is 16.7 Å². The summed E-state index contributed by atoms with van der Waals surface area (Å²) < 4.78 is 40.0. The molecule has 2 unspecified atom stereocenters. The van der Waals surface area contributed by atoms with Crippen LogP contribution >= 0.6 is 0 Å². The van der Waals surface area contributed by atoms with Crippen LogP contribution in [0.5, 0.6) is 5.75 Å². The maximum atomic E-state index is 14.5. The molecule has 2 bridgehead atoms. The normalized spacial score (nSPS) is 37.3. The second kappa shape index (κ2) is 12.5. The average Bonchev–Trinajstić information content (AvgIpc) is 3.67. The van der Waals surface area contributed by atoms with Crippen LogP contribution in [0, 0.1) is 36.0 Å². The molecule has 1 spiro atoms. The van der Waals surface area contributed by atoms with Crippen molar-refractivity contribution in [2.75, 3.05) is 50.7 Å². The summed E-state index contributed by atoms with van der Waals surface area (Å²) in [5.74, 6) is 0.747. The van der Waals surface area contributed by atoms with Gasteiger partial charge >= 0.3 is 0 Å². The smallest absolute Gasteiger partial charge is 0.286 e. The number of fused-ring (bicyclic) bond motifs is 5. The molecule has 3 aliphatic carbocycles. The molecule has 2 amide bonds. The van der Waals surface area contributed by atoms with Crippen LogP contribution in [0.15, 0.2) is 52.9 Å². The second-order valence-corrected chi connectivity index (χ2v) is 17.8. The molecule has 10 heteroatoms. The van der Waals surface area contributed by atoms with Crippen LogP contribution in [-0.4, -0.2) is 67.9 Å². The van der Waals surface area contributed by atoms with E-state index in [-0.39, 0.29) is 35.0 Å². The van der Waals surface area contributed by atoms with E-state index in [4.69, 9.17) is 14.2 Å². The molecule has 3 heterocycles. The summed E-state index contributed by atoms with van der Waals surface area (Å²) in [5.41, 5.74) is 4.42. The highest BCUT2D eigenvalue weighted by Crippen LogP contribution is 2.57. The highest BCUT2D eigenvalue weighted by molar-refractivity contribution is 7.92. The summed E-state index contributed by atoms with van der Waals surface area (Å²) in [7, 11) is -1.65. The van der Waals surface area contributed by atoms with Crippen LogP contribution < -0.4 is 14.4 Å². The number of ether oxygens (including phenoxy) is 3. The molecular weight excluding hydrogens is 639 g/mol. The van der Waals surface area contributed by atoms with Crippen molar-refractivity contribution in [3.05, 3.63) is 70.8 Å². The van der Waals surface area contributed by atoms with Crippen LogP contribution in [0.3, 0.4) is 0 Å². The number of amides is 2. The standard InChI is InChI=1S/C39H49N3O6S/c1-25-9-13-32-27(16-25)7-5-15-38(32)22-42-19-29-10-12-31(29)34(46-3)8-4-6-26(2)21-49(45,41-37(44)39-18-30(39)20-47-24-39)40-36(43)28-11-14-35(48-23-38)33(42)17-28/h4,8-9,11,13-14,16-17,26,29-31,34H,5-7,10,12,15,18-24H2,1-3H3,(H,40,41,43,44,45)/b8-4+/t26-,29-,30?,31+,34-,38-,39-,49?/m0/s1. The van der Waals surface area contributed by atoms with E-state index >= 15 is 0 Å². The molecular formula is C39H49N3O6S. The molecule has 0 radical (unpaired) electrons. The molecule has 8 rings (SSSR count). The number of carbonyl (C=O) groups excluding carboxylic acids is 2. The summed E-state index contributed by atoms with van der Waals surface area (Å²) in [6, 6.07) is 12.3. The first-order valence-corrected chi connectivity index (χ1v) is 19.8. The number of aryl methyl sites for hydroxylation is 2. The van der Waals surface area contributed by atoms with Gasteiger partial charge in [0.25, 0.3) is 5.91 Å². The molecule has 3 aliphatic heterocycles. The monoisotopic (exact) mass is 687 g/mol. The Kier molecular flexibility index (Phi) is 8.43. The third-order valence-corrected chi connectivity index (χ3v) is 14.3. The first-order valence-electron chi connectivity index (χ1n) is 18.1. The Labute approximate surface area is 290 Å². The van der Waals surface area contributed by atoms with Crippen molar-refractivity contribution in [3.8, 4) is 5.75 Å². The number of allylic oxidation sites excluding steroid dienone is 1. The third kappa shape index (κ3) is 6.01. The minimum absolute atomic E-state index is 0.0242. The number of carbonyl (C=O) groups is 2. The molecule has 0 aromatic heterocycles. The second-order valence-electron chi connectivity index (χ2n) is 15.8. The number of rotatable bonds is 3. The van der Waals surface area contributed by atoms with Crippen LogP contribution in [0.25, 0.3) is 0 Å². The summed E-state index contributed by atoms with van der Waals surface area (Å²) in [4.78, 5) is 29.9. The lowest BCUT2D eigenvalue weighted by Crippen LogP contribution is -2.49. The fraction of sp³-hybridized carbons (Fsp3) is 0.590. The number of benzene rings is 2. The average molecular weight is 688 g/mol. The van der Waals surface area contributed by atoms with Gasteiger partial charge in [-0.25, -0.2) is 4.21 Å². The van der Waals surface area contributed by atoms with Gasteiger partial charge in [-0.05, 0) is 98.9 Å². The first kappa shape index (κ1) is 33.0. The van der Waals surface area contributed by atoms with E-state index < -0.39 is 21.2 Å². The number of methoxy groups -OCH3 is 1. The van der Waals surface area contributed by atoms with Crippen LogP contribution in [0.4, 0.5) is 5.69 Å². The van der Waals surface area contributed by atoms with Crippen molar-refractivity contribution < 1.29 is 28.0 Å². The largest absolute Gasteiger partial charge is 0.490 e. The molecule has 1 saturated heterocycles. The maximum Gasteiger partial charge on any atom is 0.286 e. The first-order chi connectivity index (χ1) is 23.6. The van der Waals surface area contributed by atoms with E-state index in [0.29, 0.717) is 50.1 Å². The Bertz CT molecular complexity index is 1820. The van der Waals surface area contributed by atoms with Gasteiger partial charge in [-0.3, -0.25) is 14.3 Å². The summed E-state index contributed by atoms with van der Waals surface area (Å²) in [5, 5.41) is 0. The molecule has 9 nitrogen and oxygen atoms in total. The molecule has 49 heavy (non-hydrogen) atoms. The van der Waals surface area contributed by atoms with Gasteiger partial charge in [0.1, 0.15) is 15.7 Å². The highest BCUT2D eigenvalue weighted by atomic mass is 32.2. The number of hydrogen-bond donors (Lipinski definition) is 1. The summed E-state index contributed by atoms with van der Waals surface area (Å²) in [6.45, 7) is 7.16. The quantitative estimate of drug-likeness (QED) is 0.408. The zero-order chi connectivity index (χ0) is 34.0. The highest BCUT2D eigenvalue weighted by Gasteiger charge is 2.64. The van der Waals surface area contributed by atoms with Crippen molar-refractivity contribution in [1.82, 2.24) is 4.72 Å². The molecule has 262 valence electrons. The van der Waals surface area contributed by atoms with Gasteiger partial charge in [-0.15, -0.1) is 4.36 Å². The lowest BCUT2D eigenvalue weighted by Gasteiger charge is -2.46. The Morgan fingerprint density at radius 3 is 2.80 bits per heavy atom. The van der Waals surface area contributed by atoms with Crippen LogP contribution in [0.1, 0.15) is 72.5 Å². The molecule has 8 atom stereocenters. The SMILES string of the molecule is CO[C@H]1/C=C/C[C@H](C)CS(=O)(NC(=O)[C@@]23COCC2C3)=NC(=O)c2ccc3c(c2)N(C[C@@H]2CC[C@H]21)C[C@@]1(CCCc2cc(C)ccc21)CO3. The number of anilines is 1. The van der Waals surface area contributed by atoms with Crippen molar-refractivity contribution in [1.29, 1.82) is 0 Å². The predicted molar refractivity (Wildman–Crippen MR) is 189 cm³/mol. The number of hydrogen-bond acceptors (Lipinski definition) is 7. The third-order valence-electron chi connectivity index (χ3n) is 12.3. The maximum absolute atomic E-state index is 14.5. The summed E-state index contributed by atoms with van der Waals surface area (Å²) in [6.07, 6.45) is 11.0. The van der Waals surface area contributed by atoms with Gasteiger partial charge in [-0.1, -0.05) is 42.8 Å². The van der Waals surface area contributed by atoms with Gasteiger partial charge in [0, 0.05) is 37.1 Å². The molecule has 3 fully saturated rings. The number of nitrogens with zero attached hydrogens (tertiary/aromatic N) is 2. The zero-order valence-electron chi connectivity index (χ0n) is 29.0. The molecule has 2 aromatic rings. The predicted octanol–water partition coefficient (Wildman–Crippen LogP) is 5.78. The molecule has 6 aliphatic rings. The zero-order valence-corrected chi connectivity index (χ0v) is 29.8. The Hall–Kier alpha value is -3.21.